The highest BCUT2D eigenvalue weighted by atomic mass is 16.7. The van der Waals surface area contributed by atoms with E-state index in [0.717, 1.165) is 16.9 Å². The molecule has 1 aliphatic heterocycles. The van der Waals surface area contributed by atoms with E-state index < -0.39 is 10.9 Å². The molecule has 0 amide bonds. The molecule has 4 rings (SSSR count). The van der Waals surface area contributed by atoms with Crippen molar-refractivity contribution in [1.29, 1.82) is 0 Å². The number of carbonyl (C=O) groups excluding carboxylic acids is 1. The molecular weight excluding hydrogens is 382 g/mol. The Morgan fingerprint density at radius 2 is 1.67 bits per heavy atom. The first-order chi connectivity index (χ1) is 14.5. The van der Waals surface area contributed by atoms with Gasteiger partial charge in [0.05, 0.1) is 10.5 Å². The molecule has 0 fully saturated rings. The molecule has 0 aliphatic carbocycles. The van der Waals surface area contributed by atoms with Crippen LogP contribution in [0.2, 0.25) is 0 Å². The van der Waals surface area contributed by atoms with Crippen molar-refractivity contribution in [2.45, 2.75) is 0 Å². The fourth-order valence-electron chi connectivity index (χ4n) is 3.15. The van der Waals surface area contributed by atoms with Gasteiger partial charge in [0.2, 0.25) is 0 Å². The number of hydrogen-bond donors (Lipinski definition) is 0. The summed E-state index contributed by atoms with van der Waals surface area (Å²) in [7, 11) is 1.98. The Hall–Kier alpha value is -4.26. The summed E-state index contributed by atoms with van der Waals surface area (Å²) in [4.78, 5) is 29.6. The zero-order valence-electron chi connectivity index (χ0n) is 16.1. The summed E-state index contributed by atoms with van der Waals surface area (Å²) in [5.74, 6) is -0.595. The van der Waals surface area contributed by atoms with Crippen molar-refractivity contribution in [2.24, 2.45) is 5.16 Å². The number of hydrogen-bond acceptors (Lipinski definition) is 6. The number of non-ortho nitro benzene ring substituents is 1. The molecule has 148 valence electrons. The number of benzene rings is 3. The highest BCUT2D eigenvalue weighted by molar-refractivity contribution is 6.31. The number of nitro groups is 1. The molecule has 1 aliphatic rings. The molecule has 0 bridgehead atoms. The van der Waals surface area contributed by atoms with Gasteiger partial charge >= 0.3 is 5.97 Å². The first kappa shape index (κ1) is 19.1. The van der Waals surface area contributed by atoms with Crippen LogP contribution in [0.3, 0.4) is 0 Å². The minimum absolute atomic E-state index is 0.0813. The van der Waals surface area contributed by atoms with Gasteiger partial charge in [0.25, 0.3) is 5.69 Å². The van der Waals surface area contributed by atoms with E-state index in [9.17, 15) is 14.9 Å². The van der Waals surface area contributed by atoms with Gasteiger partial charge < -0.3 is 9.74 Å². The molecule has 7 nitrogen and oxygen atoms in total. The van der Waals surface area contributed by atoms with Crippen LogP contribution in [0.5, 0.6) is 0 Å². The Morgan fingerprint density at radius 3 is 2.37 bits per heavy atom. The zero-order valence-corrected chi connectivity index (χ0v) is 16.1. The number of carbonyl (C=O) groups is 1. The molecular formula is C23H17N3O4. The third-order valence-electron chi connectivity index (χ3n) is 4.76. The summed E-state index contributed by atoms with van der Waals surface area (Å²) < 4.78 is 0. The molecule has 0 N–H and O–H groups in total. The summed E-state index contributed by atoms with van der Waals surface area (Å²) in [6, 6.07) is 23.6. The Morgan fingerprint density at radius 1 is 0.967 bits per heavy atom. The van der Waals surface area contributed by atoms with Crippen LogP contribution in [0.15, 0.2) is 89.6 Å². The highest BCUT2D eigenvalue weighted by Crippen LogP contribution is 2.26. The third-order valence-corrected chi connectivity index (χ3v) is 4.76. The number of rotatable bonds is 5. The minimum Gasteiger partial charge on any atom is -0.345 e. The SMILES string of the molecule is CN(c1ccccc1)c1ccc(/C=C2/C(=O)ON=C2c2cccc([N+](=O)[O-])c2)cc1. The van der Waals surface area contributed by atoms with Gasteiger partial charge in [0, 0.05) is 36.1 Å². The fourth-order valence-corrected chi connectivity index (χ4v) is 3.15. The molecule has 0 atom stereocenters. The second-order valence-corrected chi connectivity index (χ2v) is 6.67. The lowest BCUT2D eigenvalue weighted by molar-refractivity contribution is -0.384. The van der Waals surface area contributed by atoms with E-state index in [1.165, 1.54) is 12.1 Å². The van der Waals surface area contributed by atoms with Crippen LogP contribution in [0.1, 0.15) is 11.1 Å². The normalized spacial score (nSPS) is 14.4. The Balaban J connectivity index is 1.62. The average molecular weight is 399 g/mol. The van der Waals surface area contributed by atoms with Gasteiger partial charge in [-0.2, -0.15) is 0 Å². The largest absolute Gasteiger partial charge is 0.368 e. The molecule has 0 aromatic heterocycles. The van der Waals surface area contributed by atoms with Crippen molar-refractivity contribution in [3.05, 3.63) is 106 Å². The van der Waals surface area contributed by atoms with Crippen LogP contribution >= 0.6 is 0 Å². The van der Waals surface area contributed by atoms with Crippen molar-refractivity contribution in [1.82, 2.24) is 0 Å². The third kappa shape index (κ3) is 3.81. The number of nitrogens with zero attached hydrogens (tertiary/aromatic N) is 3. The smallest absolute Gasteiger partial charge is 0.345 e. The first-order valence-electron chi connectivity index (χ1n) is 9.18. The van der Waals surface area contributed by atoms with Gasteiger partial charge in [-0.25, -0.2) is 4.79 Å². The summed E-state index contributed by atoms with van der Waals surface area (Å²) >= 11 is 0. The molecule has 0 saturated carbocycles. The highest BCUT2D eigenvalue weighted by Gasteiger charge is 2.27. The van der Waals surface area contributed by atoms with Gasteiger partial charge in [0.15, 0.2) is 0 Å². The molecule has 30 heavy (non-hydrogen) atoms. The van der Waals surface area contributed by atoms with Gasteiger partial charge in [0.1, 0.15) is 5.71 Å². The molecule has 7 heteroatoms. The molecule has 1 heterocycles. The number of oxime groups is 1. The second kappa shape index (κ2) is 8.00. The molecule has 0 spiro atoms. The standard InChI is InChI=1S/C23H17N3O4/c1-25(18-7-3-2-4-8-18)19-12-10-16(11-13-19)14-21-22(24-30-23(21)27)17-6-5-9-20(15-17)26(28)29/h2-15H,1H3/b21-14+. The average Bonchev–Trinajstić information content (AvgIpc) is 3.14. The van der Waals surface area contributed by atoms with Crippen molar-refractivity contribution in [3.63, 3.8) is 0 Å². The predicted molar refractivity (Wildman–Crippen MR) is 115 cm³/mol. The van der Waals surface area contributed by atoms with Gasteiger partial charge in [-0.15, -0.1) is 0 Å². The van der Waals surface area contributed by atoms with Crippen LogP contribution < -0.4 is 4.90 Å². The van der Waals surface area contributed by atoms with Crippen molar-refractivity contribution >= 4 is 34.8 Å². The second-order valence-electron chi connectivity index (χ2n) is 6.67. The van der Waals surface area contributed by atoms with Crippen LogP contribution in [-0.4, -0.2) is 23.7 Å². The number of para-hydroxylation sites is 1. The Labute approximate surface area is 172 Å². The van der Waals surface area contributed by atoms with E-state index in [0.29, 0.717) is 5.56 Å². The van der Waals surface area contributed by atoms with E-state index in [4.69, 9.17) is 4.84 Å². The van der Waals surface area contributed by atoms with Crippen molar-refractivity contribution < 1.29 is 14.6 Å². The molecule has 3 aromatic rings. The summed E-state index contributed by atoms with van der Waals surface area (Å²) in [6.45, 7) is 0. The van der Waals surface area contributed by atoms with Crippen molar-refractivity contribution in [2.75, 3.05) is 11.9 Å². The minimum atomic E-state index is -0.595. The summed E-state index contributed by atoms with van der Waals surface area (Å²) in [5.41, 5.74) is 3.72. The molecule has 0 unspecified atom stereocenters. The Kier molecular flexibility index (Phi) is 5.09. The lowest BCUT2D eigenvalue weighted by Crippen LogP contribution is -2.09. The molecule has 0 saturated heterocycles. The van der Waals surface area contributed by atoms with E-state index in [-0.39, 0.29) is 17.0 Å². The molecule has 3 aromatic carbocycles. The van der Waals surface area contributed by atoms with Crippen LogP contribution in [0, 0.1) is 10.1 Å². The quantitative estimate of drug-likeness (QED) is 0.269. The van der Waals surface area contributed by atoms with E-state index in [2.05, 4.69) is 10.1 Å². The maximum atomic E-state index is 12.2. The van der Waals surface area contributed by atoms with Crippen molar-refractivity contribution in [3.8, 4) is 0 Å². The summed E-state index contributed by atoms with van der Waals surface area (Å²) in [5, 5.41) is 14.9. The van der Waals surface area contributed by atoms with Gasteiger partial charge in [-0.3, -0.25) is 10.1 Å². The Bertz CT molecular complexity index is 1170. The fraction of sp³-hybridized carbons (Fsp3) is 0.0435. The lowest BCUT2D eigenvalue weighted by atomic mass is 10.00. The number of anilines is 2. The maximum Gasteiger partial charge on any atom is 0.368 e. The van der Waals surface area contributed by atoms with Gasteiger partial charge in [-0.1, -0.05) is 47.6 Å². The van der Waals surface area contributed by atoms with Crippen LogP contribution in [0.25, 0.3) is 6.08 Å². The summed E-state index contributed by atoms with van der Waals surface area (Å²) in [6.07, 6.45) is 1.67. The first-order valence-corrected chi connectivity index (χ1v) is 9.18. The topological polar surface area (TPSA) is 85.0 Å². The number of nitro benzene ring substituents is 1. The van der Waals surface area contributed by atoms with E-state index in [1.807, 2.05) is 61.6 Å². The lowest BCUT2D eigenvalue weighted by Gasteiger charge is -2.19. The van der Waals surface area contributed by atoms with E-state index in [1.54, 1.807) is 18.2 Å². The monoisotopic (exact) mass is 399 g/mol. The maximum absolute atomic E-state index is 12.2. The van der Waals surface area contributed by atoms with E-state index >= 15 is 0 Å². The van der Waals surface area contributed by atoms with Gasteiger partial charge in [-0.05, 0) is 35.9 Å². The molecule has 0 radical (unpaired) electrons. The zero-order chi connectivity index (χ0) is 21.1. The van der Waals surface area contributed by atoms with Crippen LogP contribution in [-0.2, 0) is 9.63 Å². The van der Waals surface area contributed by atoms with Crippen LogP contribution in [0.4, 0.5) is 17.1 Å². The predicted octanol–water partition coefficient (Wildman–Crippen LogP) is 4.71.